The van der Waals surface area contributed by atoms with E-state index in [1.54, 1.807) is 6.07 Å². The molecule has 1 aromatic carbocycles. The lowest BCUT2D eigenvalue weighted by Gasteiger charge is -2.28. The Morgan fingerprint density at radius 3 is 2.77 bits per heavy atom. The number of hydrogen-bond donors (Lipinski definition) is 0. The number of halogens is 2. The molecule has 22 heavy (non-hydrogen) atoms. The number of nitrogens with zero attached hydrogens (tertiary/aromatic N) is 3. The van der Waals surface area contributed by atoms with E-state index in [-0.39, 0.29) is 0 Å². The van der Waals surface area contributed by atoms with Gasteiger partial charge in [-0.15, -0.1) is 0 Å². The van der Waals surface area contributed by atoms with Crippen molar-refractivity contribution in [2.75, 3.05) is 6.54 Å². The minimum Gasteiger partial charge on any atom is -0.294 e. The molecule has 0 N–H and O–H groups in total. The molecule has 1 aliphatic rings. The third-order valence-electron chi connectivity index (χ3n) is 3.94. The first kappa shape index (κ1) is 15.0. The number of aromatic nitrogens is 2. The molecule has 0 unspecified atom stereocenters. The molecular formula is C17H19F2N3. The van der Waals surface area contributed by atoms with Crippen LogP contribution < -0.4 is 0 Å². The van der Waals surface area contributed by atoms with Crippen LogP contribution >= 0.6 is 0 Å². The summed E-state index contributed by atoms with van der Waals surface area (Å²) >= 11 is 0. The molecule has 0 amide bonds. The van der Waals surface area contributed by atoms with E-state index in [1.807, 2.05) is 6.20 Å². The van der Waals surface area contributed by atoms with E-state index >= 15 is 0 Å². The van der Waals surface area contributed by atoms with Gasteiger partial charge in [0, 0.05) is 49.4 Å². The Morgan fingerprint density at radius 1 is 1.23 bits per heavy atom. The maximum atomic E-state index is 13.3. The van der Waals surface area contributed by atoms with Crippen LogP contribution in [0.25, 0.3) is 0 Å². The summed E-state index contributed by atoms with van der Waals surface area (Å²) in [7, 11) is 0. The average Bonchev–Trinajstić information content (AvgIpc) is 2.50. The molecule has 1 aliphatic heterocycles. The first-order valence-electron chi connectivity index (χ1n) is 7.54. The van der Waals surface area contributed by atoms with Crippen molar-refractivity contribution in [1.82, 2.24) is 14.9 Å². The summed E-state index contributed by atoms with van der Waals surface area (Å²) in [6.07, 6.45) is 2.76. The van der Waals surface area contributed by atoms with Gasteiger partial charge in [-0.25, -0.2) is 18.7 Å². The van der Waals surface area contributed by atoms with Gasteiger partial charge in [-0.3, -0.25) is 4.90 Å². The van der Waals surface area contributed by atoms with Crippen LogP contribution in [0.5, 0.6) is 0 Å². The molecule has 0 saturated carbocycles. The molecule has 0 bridgehead atoms. The van der Waals surface area contributed by atoms with Crippen molar-refractivity contribution < 1.29 is 8.78 Å². The lowest BCUT2D eigenvalue weighted by Crippen LogP contribution is -2.31. The molecule has 3 rings (SSSR count). The maximum Gasteiger partial charge on any atom is 0.159 e. The van der Waals surface area contributed by atoms with Crippen molar-refractivity contribution in [3.8, 4) is 0 Å². The van der Waals surface area contributed by atoms with Gasteiger partial charge in [-0.2, -0.15) is 0 Å². The second-order valence-electron chi connectivity index (χ2n) is 6.06. The zero-order valence-electron chi connectivity index (χ0n) is 12.8. The summed E-state index contributed by atoms with van der Waals surface area (Å²) in [5.74, 6) is -0.388. The van der Waals surface area contributed by atoms with Gasteiger partial charge >= 0.3 is 0 Å². The van der Waals surface area contributed by atoms with Crippen LogP contribution in [0.2, 0.25) is 0 Å². The second-order valence-corrected chi connectivity index (χ2v) is 6.06. The Balaban J connectivity index is 1.72. The first-order valence-corrected chi connectivity index (χ1v) is 7.54. The Kier molecular flexibility index (Phi) is 4.16. The normalized spacial score (nSPS) is 15.1. The number of fused-ring (bicyclic) bond motifs is 1. The standard InChI is InChI=1S/C17H19F2N3/c1-11(2)17-20-8-13-10-22(6-5-16(13)21-17)9-12-3-4-14(18)15(19)7-12/h3-4,7-8,11H,5-6,9-10H2,1-2H3. The van der Waals surface area contributed by atoms with E-state index in [4.69, 9.17) is 0 Å². The summed E-state index contributed by atoms with van der Waals surface area (Å²) in [5, 5.41) is 0. The minimum atomic E-state index is -0.803. The number of hydrogen-bond acceptors (Lipinski definition) is 3. The van der Waals surface area contributed by atoms with Gasteiger partial charge in [0.15, 0.2) is 11.6 Å². The molecule has 0 fully saturated rings. The average molecular weight is 303 g/mol. The van der Waals surface area contributed by atoms with Crippen LogP contribution in [-0.2, 0) is 19.5 Å². The van der Waals surface area contributed by atoms with Gasteiger partial charge in [-0.1, -0.05) is 19.9 Å². The summed E-state index contributed by atoms with van der Waals surface area (Å²) in [6.45, 7) is 6.37. The van der Waals surface area contributed by atoms with Gasteiger partial charge < -0.3 is 0 Å². The van der Waals surface area contributed by atoms with Crippen LogP contribution in [-0.4, -0.2) is 21.4 Å². The molecule has 0 atom stereocenters. The zero-order chi connectivity index (χ0) is 15.7. The smallest absolute Gasteiger partial charge is 0.159 e. The Hall–Kier alpha value is -1.88. The number of rotatable bonds is 3. The predicted octanol–water partition coefficient (Wildman–Crippen LogP) is 3.44. The van der Waals surface area contributed by atoms with Crippen LogP contribution in [0.4, 0.5) is 8.78 Å². The minimum absolute atomic E-state index is 0.325. The fourth-order valence-corrected chi connectivity index (χ4v) is 2.70. The quantitative estimate of drug-likeness (QED) is 0.870. The topological polar surface area (TPSA) is 29.0 Å². The van der Waals surface area contributed by atoms with Crippen molar-refractivity contribution in [1.29, 1.82) is 0 Å². The highest BCUT2D eigenvalue weighted by atomic mass is 19.2. The zero-order valence-corrected chi connectivity index (χ0v) is 12.8. The molecule has 0 saturated heterocycles. The summed E-state index contributed by atoms with van der Waals surface area (Å²) in [4.78, 5) is 11.2. The van der Waals surface area contributed by atoms with Crippen LogP contribution in [0.3, 0.4) is 0 Å². The van der Waals surface area contributed by atoms with Crippen molar-refractivity contribution >= 4 is 0 Å². The van der Waals surface area contributed by atoms with Crippen molar-refractivity contribution in [3.05, 3.63) is 58.7 Å². The fourth-order valence-electron chi connectivity index (χ4n) is 2.70. The Morgan fingerprint density at radius 2 is 2.05 bits per heavy atom. The highest BCUT2D eigenvalue weighted by molar-refractivity contribution is 5.23. The van der Waals surface area contributed by atoms with Crippen LogP contribution in [0.1, 0.15) is 42.4 Å². The Bertz CT molecular complexity index is 686. The molecule has 2 heterocycles. The highest BCUT2D eigenvalue weighted by Gasteiger charge is 2.19. The van der Waals surface area contributed by atoms with E-state index < -0.39 is 11.6 Å². The molecule has 116 valence electrons. The summed E-state index contributed by atoms with van der Waals surface area (Å²) in [5.41, 5.74) is 3.01. The lowest BCUT2D eigenvalue weighted by atomic mass is 10.1. The third-order valence-corrected chi connectivity index (χ3v) is 3.94. The molecule has 1 aromatic heterocycles. The molecule has 0 spiro atoms. The maximum absolute atomic E-state index is 13.3. The van der Waals surface area contributed by atoms with E-state index in [2.05, 4.69) is 28.7 Å². The monoisotopic (exact) mass is 303 g/mol. The van der Waals surface area contributed by atoms with Crippen molar-refractivity contribution in [2.45, 2.75) is 39.3 Å². The number of benzene rings is 1. The second kappa shape index (κ2) is 6.08. The highest BCUT2D eigenvalue weighted by Crippen LogP contribution is 2.21. The van der Waals surface area contributed by atoms with Gasteiger partial charge in [0.1, 0.15) is 5.82 Å². The van der Waals surface area contributed by atoms with Gasteiger partial charge in [-0.05, 0) is 17.7 Å². The van der Waals surface area contributed by atoms with Gasteiger partial charge in [0.25, 0.3) is 0 Å². The fraction of sp³-hybridized carbons (Fsp3) is 0.412. The molecule has 0 radical (unpaired) electrons. The molecule has 3 nitrogen and oxygen atoms in total. The summed E-state index contributed by atoms with van der Waals surface area (Å²) < 4.78 is 26.3. The lowest BCUT2D eigenvalue weighted by molar-refractivity contribution is 0.242. The summed E-state index contributed by atoms with van der Waals surface area (Å²) in [6, 6.07) is 4.08. The van der Waals surface area contributed by atoms with E-state index in [0.717, 1.165) is 42.2 Å². The predicted molar refractivity (Wildman–Crippen MR) is 80.3 cm³/mol. The third kappa shape index (κ3) is 3.14. The van der Waals surface area contributed by atoms with Crippen molar-refractivity contribution in [2.24, 2.45) is 0 Å². The van der Waals surface area contributed by atoms with Crippen LogP contribution in [0, 0.1) is 11.6 Å². The van der Waals surface area contributed by atoms with E-state index in [9.17, 15) is 8.78 Å². The van der Waals surface area contributed by atoms with Gasteiger partial charge in [0.2, 0.25) is 0 Å². The molecule has 2 aromatic rings. The van der Waals surface area contributed by atoms with E-state index in [1.165, 1.54) is 12.1 Å². The molecule has 5 heteroatoms. The molecular weight excluding hydrogens is 284 g/mol. The van der Waals surface area contributed by atoms with Crippen molar-refractivity contribution in [3.63, 3.8) is 0 Å². The molecule has 0 aliphatic carbocycles. The van der Waals surface area contributed by atoms with Gasteiger partial charge in [0.05, 0.1) is 0 Å². The van der Waals surface area contributed by atoms with Crippen LogP contribution in [0.15, 0.2) is 24.4 Å². The first-order chi connectivity index (χ1) is 10.5. The Labute approximate surface area is 129 Å². The largest absolute Gasteiger partial charge is 0.294 e. The van der Waals surface area contributed by atoms with E-state index in [0.29, 0.717) is 12.5 Å². The SMILES string of the molecule is CC(C)c1ncc2c(n1)CCN(Cc1ccc(F)c(F)c1)C2.